The fourth-order valence-corrected chi connectivity index (χ4v) is 0.0645. The topological polar surface area (TPSA) is 46.5 Å². The summed E-state index contributed by atoms with van der Waals surface area (Å²) in [7, 11) is 9.87. The molecule has 0 amide bonds. The van der Waals surface area contributed by atoms with E-state index in [1.807, 2.05) is 0 Å². The number of rotatable bonds is 1. The zero-order valence-corrected chi connectivity index (χ0v) is 9.09. The van der Waals surface area contributed by atoms with Gasteiger partial charge in [-0.2, -0.15) is 5.26 Å². The van der Waals surface area contributed by atoms with E-state index in [0.29, 0.717) is 0 Å². The molecule has 3 nitrogen and oxygen atoms in total. The van der Waals surface area contributed by atoms with E-state index in [-0.39, 0.29) is 6.42 Å². The van der Waals surface area contributed by atoms with Gasteiger partial charge in [0.15, 0.2) is 0 Å². The molecule has 54 valence electrons. The van der Waals surface area contributed by atoms with Crippen LogP contribution in [-0.4, -0.2) is 30.1 Å². The van der Waals surface area contributed by atoms with Crippen LogP contribution in [0.2, 0.25) is 0 Å². The molecule has 6 heteroatoms. The second-order valence-corrected chi connectivity index (χ2v) is 5.13. The molecule has 0 atom stereocenters. The van der Waals surface area contributed by atoms with Crippen LogP contribution >= 0.6 is 17.8 Å². The van der Waals surface area contributed by atoms with Gasteiger partial charge in [-0.25, -0.2) is 4.79 Å². The third-order valence-electron chi connectivity index (χ3n) is 0.390. The third-order valence-corrected chi connectivity index (χ3v) is 0.390. The van der Waals surface area contributed by atoms with Crippen LogP contribution in [0.5, 0.6) is 0 Å². The fraction of sp³-hybridized carbons (Fsp3) is 0.667. The van der Waals surface area contributed by atoms with Crippen molar-refractivity contribution in [1.82, 2.24) is 0 Å². The molecule has 0 aliphatic heterocycles. The molecule has 0 saturated carbocycles. The molecule has 1 N–H and O–H groups in total. The van der Waals surface area contributed by atoms with Crippen molar-refractivity contribution < 1.29 is 14.9 Å². The monoisotopic (exact) mass is 280 g/mol. The Morgan fingerprint density at radius 1 is 1.78 bits per heavy atom. The third kappa shape index (κ3) is 17.7. The first-order valence-electron chi connectivity index (χ1n) is 2.03. The minimum absolute atomic E-state index is 0.219. The molecule has 0 saturated heterocycles. The molecule has 0 aliphatic carbocycles. The van der Waals surface area contributed by atoms with Crippen LogP contribution < -0.4 is 0 Å². The van der Waals surface area contributed by atoms with Crippen molar-refractivity contribution in [3.05, 3.63) is 0 Å². The zero-order valence-electron chi connectivity index (χ0n) is 4.73. The molecule has 0 aromatic heterocycles. The van der Waals surface area contributed by atoms with Crippen LogP contribution in [0.15, 0.2) is 0 Å². The van der Waals surface area contributed by atoms with Gasteiger partial charge in [0, 0.05) is 6.42 Å². The van der Waals surface area contributed by atoms with Gasteiger partial charge < -0.3 is 4.89 Å². The average Bonchev–Trinajstić information content (AvgIpc) is 1.88. The number of carbonyl (C=O) groups excluding carboxylic acids is 1. The van der Waals surface area contributed by atoms with Gasteiger partial charge in [0.2, 0.25) is 0 Å². The molecule has 9 heavy (non-hydrogen) atoms. The maximum absolute atomic E-state index is 9.71. The molecule has 0 unspecified atom stereocenters. The van der Waals surface area contributed by atoms with Gasteiger partial charge >= 0.3 is 42.7 Å². The predicted octanol–water partition coefficient (Wildman–Crippen LogP) is 1.41. The van der Waals surface area contributed by atoms with E-state index in [9.17, 15) is 4.79 Å². The Kier molecular flexibility index (Phi) is 16.1. The van der Waals surface area contributed by atoms with Gasteiger partial charge in [0.1, 0.15) is 0 Å². The van der Waals surface area contributed by atoms with Crippen LogP contribution in [0.25, 0.3) is 0 Å². The number of hydrogen-bond donors (Lipinski definition) is 1. The summed E-state index contributed by atoms with van der Waals surface area (Å²) in [6.45, 7) is 1.60. The van der Waals surface area contributed by atoms with Crippen LogP contribution in [0.4, 0.5) is 0 Å². The Morgan fingerprint density at radius 3 is 2.11 bits per heavy atom. The standard InChI is InChI=1S/C3H6O3.2ClH.Sn/c1-2-3(4)6-5;;;/h5H,2H2,1H3;2*1H;/q;;;+2/p-2. The van der Waals surface area contributed by atoms with E-state index in [0.717, 1.165) is 0 Å². The first-order valence-corrected chi connectivity index (χ1v) is 9.26. The molecule has 0 spiro atoms. The van der Waals surface area contributed by atoms with Crippen LogP contribution in [0, 0.1) is 0 Å². The van der Waals surface area contributed by atoms with Crippen molar-refractivity contribution in [3.8, 4) is 0 Å². The quantitative estimate of drug-likeness (QED) is 0.448. The van der Waals surface area contributed by atoms with Crippen molar-refractivity contribution in [2.24, 2.45) is 0 Å². The molecule has 2 radical (unpaired) electrons. The molecule has 0 fully saturated rings. The maximum atomic E-state index is 9.71. The first kappa shape index (κ1) is 12.5. The van der Waals surface area contributed by atoms with E-state index in [1.54, 1.807) is 6.92 Å². The number of halogens is 2. The Hall–Kier alpha value is 0.809. The van der Waals surface area contributed by atoms with E-state index in [2.05, 4.69) is 4.89 Å². The van der Waals surface area contributed by atoms with Gasteiger partial charge in [0.25, 0.3) is 0 Å². The Balaban J connectivity index is 0. The summed E-state index contributed by atoms with van der Waals surface area (Å²) in [5.41, 5.74) is 0. The minimum atomic E-state index is -0.826. The predicted molar refractivity (Wildman–Crippen MR) is 36.5 cm³/mol. The van der Waals surface area contributed by atoms with E-state index in [4.69, 9.17) is 23.1 Å². The Morgan fingerprint density at radius 2 is 2.11 bits per heavy atom. The van der Waals surface area contributed by atoms with Gasteiger partial charge in [-0.3, -0.25) is 0 Å². The van der Waals surface area contributed by atoms with Crippen LogP contribution in [0.3, 0.4) is 0 Å². The Labute approximate surface area is 70.9 Å². The Bertz CT molecular complexity index is 64.1. The van der Waals surface area contributed by atoms with Crippen LogP contribution in [-0.2, 0) is 9.68 Å². The SMILES string of the molecule is CCC(=O)OO.[Cl][Sn][Cl]. The molecule has 0 bridgehead atoms. The van der Waals surface area contributed by atoms with E-state index < -0.39 is 24.9 Å². The molecular weight excluding hydrogens is 274 g/mol. The summed E-state index contributed by atoms with van der Waals surface area (Å²) in [6, 6.07) is 0. The summed E-state index contributed by atoms with van der Waals surface area (Å²) in [5.74, 6) is -0.602. The first-order chi connectivity index (χ1) is 4.22. The molecule has 0 heterocycles. The van der Waals surface area contributed by atoms with Crippen molar-refractivity contribution >= 4 is 42.7 Å². The molecule has 0 aliphatic rings. The normalized spacial score (nSPS) is 7.11. The van der Waals surface area contributed by atoms with Crippen molar-refractivity contribution in [3.63, 3.8) is 0 Å². The molecule has 0 rings (SSSR count). The second-order valence-electron chi connectivity index (χ2n) is 0.888. The summed E-state index contributed by atoms with van der Waals surface area (Å²) >= 11 is -0.826. The van der Waals surface area contributed by atoms with Crippen molar-refractivity contribution in [1.29, 1.82) is 0 Å². The summed E-state index contributed by atoms with van der Waals surface area (Å²) in [5, 5.41) is 7.49. The van der Waals surface area contributed by atoms with Crippen molar-refractivity contribution in [2.75, 3.05) is 0 Å². The molecule has 0 aromatic carbocycles. The average molecular weight is 280 g/mol. The van der Waals surface area contributed by atoms with E-state index in [1.165, 1.54) is 0 Å². The number of hydrogen-bond acceptors (Lipinski definition) is 3. The summed E-state index contributed by atoms with van der Waals surface area (Å²) in [4.78, 5) is 13.0. The summed E-state index contributed by atoms with van der Waals surface area (Å²) < 4.78 is 0. The van der Waals surface area contributed by atoms with Gasteiger partial charge in [-0.1, -0.05) is 6.92 Å². The van der Waals surface area contributed by atoms with Gasteiger partial charge in [0.05, 0.1) is 0 Å². The van der Waals surface area contributed by atoms with Crippen molar-refractivity contribution in [2.45, 2.75) is 13.3 Å². The zero-order chi connectivity index (χ0) is 7.70. The number of carbonyl (C=O) groups is 1. The molecule has 0 aromatic rings. The summed E-state index contributed by atoms with van der Waals surface area (Å²) in [6.07, 6.45) is 0.219. The second kappa shape index (κ2) is 11.6. The van der Waals surface area contributed by atoms with Crippen LogP contribution in [0.1, 0.15) is 13.3 Å². The molecular formula is C3H6Cl2O3Sn. The van der Waals surface area contributed by atoms with Gasteiger partial charge in [-0.15, -0.1) is 0 Å². The van der Waals surface area contributed by atoms with Gasteiger partial charge in [-0.05, 0) is 0 Å². The fourth-order valence-electron chi connectivity index (χ4n) is 0.0645. The van der Waals surface area contributed by atoms with E-state index >= 15 is 0 Å².